The lowest BCUT2D eigenvalue weighted by Crippen LogP contribution is -2.40. The molecule has 1 atom stereocenters. The van der Waals surface area contributed by atoms with Crippen molar-refractivity contribution in [3.63, 3.8) is 0 Å². The molecule has 0 fully saturated rings. The standard InChI is InChI=1S/C19H27NO/c1-3-11-20(12-4-2)16-8-9-17-15(13-16)6-5-14-7-10-18(21)19(14)17/h5-6,16H,3-4,7-13H2,1-2H3. The van der Waals surface area contributed by atoms with Crippen molar-refractivity contribution in [1.29, 1.82) is 0 Å². The monoisotopic (exact) mass is 285 g/mol. The molecule has 2 aliphatic rings. The highest BCUT2D eigenvalue weighted by Gasteiger charge is 2.30. The molecule has 0 aromatic heterocycles. The van der Waals surface area contributed by atoms with Gasteiger partial charge in [0.05, 0.1) is 0 Å². The third kappa shape index (κ3) is 2.78. The fraction of sp³-hybridized carbons (Fsp3) is 0.632. The molecule has 0 saturated heterocycles. The molecule has 1 aromatic rings. The number of hydrogen-bond donors (Lipinski definition) is 0. The van der Waals surface area contributed by atoms with Gasteiger partial charge in [-0.05, 0) is 68.3 Å². The number of fused-ring (bicyclic) bond motifs is 3. The van der Waals surface area contributed by atoms with Gasteiger partial charge in [0.15, 0.2) is 5.78 Å². The summed E-state index contributed by atoms with van der Waals surface area (Å²) in [6, 6.07) is 5.19. The van der Waals surface area contributed by atoms with E-state index in [2.05, 4.69) is 30.9 Å². The second-order valence-corrected chi connectivity index (χ2v) is 6.59. The quantitative estimate of drug-likeness (QED) is 0.820. The van der Waals surface area contributed by atoms with Crippen LogP contribution >= 0.6 is 0 Å². The van der Waals surface area contributed by atoms with Crippen molar-refractivity contribution in [3.8, 4) is 0 Å². The van der Waals surface area contributed by atoms with E-state index in [1.165, 1.54) is 49.0 Å². The van der Waals surface area contributed by atoms with Gasteiger partial charge in [-0.25, -0.2) is 0 Å². The number of ketones is 1. The third-order valence-electron chi connectivity index (χ3n) is 5.12. The Labute approximate surface area is 128 Å². The van der Waals surface area contributed by atoms with Crippen molar-refractivity contribution >= 4 is 5.78 Å². The van der Waals surface area contributed by atoms with Crippen LogP contribution in [0, 0.1) is 0 Å². The van der Waals surface area contributed by atoms with Crippen molar-refractivity contribution in [2.24, 2.45) is 0 Å². The molecule has 0 N–H and O–H groups in total. The topological polar surface area (TPSA) is 20.3 Å². The van der Waals surface area contributed by atoms with E-state index in [0.29, 0.717) is 11.8 Å². The van der Waals surface area contributed by atoms with Crippen LogP contribution in [0.5, 0.6) is 0 Å². The molecular weight excluding hydrogens is 258 g/mol. The summed E-state index contributed by atoms with van der Waals surface area (Å²) < 4.78 is 0. The summed E-state index contributed by atoms with van der Waals surface area (Å²) >= 11 is 0. The molecule has 3 rings (SSSR count). The molecule has 21 heavy (non-hydrogen) atoms. The molecule has 0 aliphatic heterocycles. The molecule has 1 unspecified atom stereocenters. The summed E-state index contributed by atoms with van der Waals surface area (Å²) in [5.41, 5.74) is 5.23. The fourth-order valence-corrected chi connectivity index (χ4v) is 4.18. The van der Waals surface area contributed by atoms with Gasteiger partial charge in [-0.15, -0.1) is 0 Å². The Balaban J connectivity index is 1.83. The summed E-state index contributed by atoms with van der Waals surface area (Å²) in [6.45, 7) is 6.95. The molecule has 0 saturated carbocycles. The lowest BCUT2D eigenvalue weighted by atomic mass is 9.83. The lowest BCUT2D eigenvalue weighted by molar-refractivity contribution is 0.0993. The lowest BCUT2D eigenvalue weighted by Gasteiger charge is -2.35. The van der Waals surface area contributed by atoms with E-state index in [0.717, 1.165) is 31.2 Å². The van der Waals surface area contributed by atoms with Crippen molar-refractivity contribution in [1.82, 2.24) is 4.90 Å². The van der Waals surface area contributed by atoms with Gasteiger partial charge in [0.2, 0.25) is 0 Å². The summed E-state index contributed by atoms with van der Waals surface area (Å²) in [6.07, 6.45) is 7.60. The molecule has 0 heterocycles. The van der Waals surface area contributed by atoms with E-state index < -0.39 is 0 Å². The molecule has 1 aromatic carbocycles. The highest BCUT2D eigenvalue weighted by molar-refractivity contribution is 6.02. The van der Waals surface area contributed by atoms with Gasteiger partial charge in [0.1, 0.15) is 0 Å². The van der Waals surface area contributed by atoms with Gasteiger partial charge in [0.25, 0.3) is 0 Å². The maximum absolute atomic E-state index is 12.1. The van der Waals surface area contributed by atoms with Gasteiger partial charge in [0, 0.05) is 18.0 Å². The number of Topliss-reactive ketones (excluding diaryl/α,β-unsaturated/α-hetero) is 1. The Kier molecular flexibility index (Phi) is 4.44. The van der Waals surface area contributed by atoms with E-state index in [1.807, 2.05) is 0 Å². The highest BCUT2D eigenvalue weighted by atomic mass is 16.1. The zero-order valence-electron chi connectivity index (χ0n) is 13.5. The summed E-state index contributed by atoms with van der Waals surface area (Å²) in [5, 5.41) is 0. The maximum Gasteiger partial charge on any atom is 0.163 e. The second-order valence-electron chi connectivity index (χ2n) is 6.59. The zero-order valence-corrected chi connectivity index (χ0v) is 13.5. The number of benzene rings is 1. The van der Waals surface area contributed by atoms with Crippen molar-refractivity contribution in [2.75, 3.05) is 13.1 Å². The molecule has 2 aliphatic carbocycles. The molecule has 0 bridgehead atoms. The van der Waals surface area contributed by atoms with Gasteiger partial charge in [-0.1, -0.05) is 26.0 Å². The maximum atomic E-state index is 12.1. The smallest absolute Gasteiger partial charge is 0.163 e. The van der Waals surface area contributed by atoms with E-state index in [-0.39, 0.29) is 0 Å². The third-order valence-corrected chi connectivity index (χ3v) is 5.12. The highest BCUT2D eigenvalue weighted by Crippen LogP contribution is 2.33. The first kappa shape index (κ1) is 14.8. The Morgan fingerprint density at radius 2 is 1.76 bits per heavy atom. The van der Waals surface area contributed by atoms with Crippen LogP contribution in [0.4, 0.5) is 0 Å². The van der Waals surface area contributed by atoms with Crippen LogP contribution < -0.4 is 0 Å². The summed E-state index contributed by atoms with van der Waals surface area (Å²) in [7, 11) is 0. The summed E-state index contributed by atoms with van der Waals surface area (Å²) in [5.74, 6) is 0.388. The van der Waals surface area contributed by atoms with Crippen LogP contribution in [0.15, 0.2) is 12.1 Å². The van der Waals surface area contributed by atoms with Gasteiger partial charge in [-0.2, -0.15) is 0 Å². The van der Waals surface area contributed by atoms with E-state index in [4.69, 9.17) is 0 Å². The average Bonchev–Trinajstić information content (AvgIpc) is 2.88. The number of carbonyl (C=O) groups is 1. The summed E-state index contributed by atoms with van der Waals surface area (Å²) in [4.78, 5) is 14.8. The normalized spacial score (nSPS) is 20.7. The molecule has 0 radical (unpaired) electrons. The Morgan fingerprint density at radius 1 is 1.05 bits per heavy atom. The minimum Gasteiger partial charge on any atom is -0.300 e. The second kappa shape index (κ2) is 6.31. The first-order valence-electron chi connectivity index (χ1n) is 8.65. The molecule has 0 spiro atoms. The predicted octanol–water partition coefficient (Wildman–Crippen LogP) is 3.79. The van der Waals surface area contributed by atoms with Crippen molar-refractivity contribution < 1.29 is 4.79 Å². The van der Waals surface area contributed by atoms with E-state index >= 15 is 0 Å². The average molecular weight is 285 g/mol. The number of rotatable bonds is 5. The van der Waals surface area contributed by atoms with Gasteiger partial charge in [-0.3, -0.25) is 4.79 Å². The Hall–Kier alpha value is -1.15. The Bertz CT molecular complexity index is 529. The van der Waals surface area contributed by atoms with Crippen LogP contribution in [-0.4, -0.2) is 29.8 Å². The minimum absolute atomic E-state index is 0.388. The zero-order chi connectivity index (χ0) is 14.8. The van der Waals surface area contributed by atoms with Gasteiger partial charge < -0.3 is 4.90 Å². The van der Waals surface area contributed by atoms with Crippen molar-refractivity contribution in [2.45, 2.75) is 64.8 Å². The predicted molar refractivity (Wildman–Crippen MR) is 87.1 cm³/mol. The molecule has 114 valence electrons. The van der Waals surface area contributed by atoms with Crippen LogP contribution in [0.2, 0.25) is 0 Å². The largest absolute Gasteiger partial charge is 0.300 e. The van der Waals surface area contributed by atoms with E-state index in [1.54, 1.807) is 0 Å². The number of hydrogen-bond acceptors (Lipinski definition) is 2. The van der Waals surface area contributed by atoms with Crippen LogP contribution in [0.25, 0.3) is 0 Å². The van der Waals surface area contributed by atoms with E-state index in [9.17, 15) is 4.79 Å². The fourth-order valence-electron chi connectivity index (χ4n) is 4.18. The van der Waals surface area contributed by atoms with Crippen LogP contribution in [0.3, 0.4) is 0 Å². The Morgan fingerprint density at radius 3 is 2.48 bits per heavy atom. The first-order valence-corrected chi connectivity index (χ1v) is 8.65. The SMILES string of the molecule is CCCN(CCC)C1CCc2c(ccc3c2C(=O)CC3)C1. The number of carbonyl (C=O) groups excluding carboxylic acids is 1. The number of nitrogens with zero attached hydrogens (tertiary/aromatic N) is 1. The minimum atomic E-state index is 0.388. The molecule has 2 heteroatoms. The molecule has 2 nitrogen and oxygen atoms in total. The van der Waals surface area contributed by atoms with Crippen LogP contribution in [0.1, 0.15) is 66.6 Å². The first-order chi connectivity index (χ1) is 10.2. The van der Waals surface area contributed by atoms with Crippen molar-refractivity contribution in [3.05, 3.63) is 34.4 Å². The van der Waals surface area contributed by atoms with Crippen LogP contribution in [-0.2, 0) is 19.3 Å². The molecule has 0 amide bonds. The molecular formula is C19H27NO. The number of aryl methyl sites for hydroxylation is 1. The van der Waals surface area contributed by atoms with Gasteiger partial charge >= 0.3 is 0 Å².